The first-order valence-electron chi connectivity index (χ1n) is 5.84. The number of ether oxygens (including phenoxy) is 1. The van der Waals surface area contributed by atoms with Gasteiger partial charge in [0.15, 0.2) is 0 Å². The Morgan fingerprint density at radius 2 is 2.32 bits per heavy atom. The van der Waals surface area contributed by atoms with Crippen LogP contribution in [0.4, 0.5) is 0 Å². The van der Waals surface area contributed by atoms with Crippen LogP contribution >= 0.6 is 11.3 Å². The third kappa shape index (κ3) is 2.37. The number of aliphatic hydroxyl groups excluding tert-OH is 1. The van der Waals surface area contributed by atoms with Gasteiger partial charge in [0.2, 0.25) is 4.96 Å². The van der Waals surface area contributed by atoms with Crippen LogP contribution in [-0.4, -0.2) is 26.8 Å². The summed E-state index contributed by atoms with van der Waals surface area (Å²) in [5, 5.41) is 14.4. The van der Waals surface area contributed by atoms with Gasteiger partial charge in [-0.25, -0.2) is 9.50 Å². The van der Waals surface area contributed by atoms with Crippen LogP contribution in [0.5, 0.6) is 0 Å². The predicted octanol–water partition coefficient (Wildman–Crippen LogP) is 2.10. The second kappa shape index (κ2) is 5.08. The highest BCUT2D eigenvalue weighted by atomic mass is 32.1. The van der Waals surface area contributed by atoms with Gasteiger partial charge in [0.25, 0.3) is 0 Å². The van der Waals surface area contributed by atoms with Gasteiger partial charge in [-0.1, -0.05) is 29.5 Å². The minimum atomic E-state index is 0.0340. The van der Waals surface area contributed by atoms with Gasteiger partial charge in [0.05, 0.1) is 25.1 Å². The summed E-state index contributed by atoms with van der Waals surface area (Å²) >= 11 is 1.51. The van der Waals surface area contributed by atoms with Crippen molar-refractivity contribution in [2.75, 3.05) is 7.11 Å². The van der Waals surface area contributed by atoms with E-state index in [1.165, 1.54) is 11.3 Å². The zero-order valence-corrected chi connectivity index (χ0v) is 11.2. The maximum Gasteiger partial charge on any atom is 0.212 e. The Kier molecular flexibility index (Phi) is 3.29. The molecule has 3 aromatic rings. The number of aliphatic hydroxyl groups is 1. The van der Waals surface area contributed by atoms with E-state index in [1.54, 1.807) is 11.6 Å². The standard InChI is InChI=1S/C13H13N3O2S/c1-18-8-12-15-16-6-11(14-13(16)19-12)10-4-2-3-9(5-10)7-17/h2-6,17H,7-8H2,1H3. The van der Waals surface area contributed by atoms with Crippen LogP contribution in [0.2, 0.25) is 0 Å². The molecule has 3 rings (SSSR count). The molecule has 1 N–H and O–H groups in total. The highest BCUT2D eigenvalue weighted by Gasteiger charge is 2.09. The lowest BCUT2D eigenvalue weighted by Crippen LogP contribution is -1.88. The maximum atomic E-state index is 9.15. The van der Waals surface area contributed by atoms with Gasteiger partial charge < -0.3 is 9.84 Å². The molecule has 1 aromatic carbocycles. The van der Waals surface area contributed by atoms with Gasteiger partial charge in [-0.2, -0.15) is 5.10 Å². The van der Waals surface area contributed by atoms with Crippen molar-refractivity contribution in [2.24, 2.45) is 0 Å². The smallest absolute Gasteiger partial charge is 0.212 e. The molecule has 0 saturated carbocycles. The largest absolute Gasteiger partial charge is 0.392 e. The number of hydrogen-bond donors (Lipinski definition) is 1. The molecule has 6 heteroatoms. The van der Waals surface area contributed by atoms with E-state index in [1.807, 2.05) is 30.5 Å². The number of hydrogen-bond acceptors (Lipinski definition) is 5. The van der Waals surface area contributed by atoms with Crippen LogP contribution in [0.15, 0.2) is 30.5 Å². The Morgan fingerprint density at radius 3 is 3.05 bits per heavy atom. The topological polar surface area (TPSA) is 59.7 Å². The number of fused-ring (bicyclic) bond motifs is 1. The van der Waals surface area contributed by atoms with E-state index in [0.29, 0.717) is 6.61 Å². The summed E-state index contributed by atoms with van der Waals surface area (Å²) in [5.41, 5.74) is 2.72. The Labute approximate surface area is 114 Å². The third-order valence-corrected chi connectivity index (χ3v) is 3.65. The van der Waals surface area contributed by atoms with E-state index < -0.39 is 0 Å². The number of aromatic nitrogens is 3. The van der Waals surface area contributed by atoms with Crippen molar-refractivity contribution in [3.8, 4) is 11.3 Å². The third-order valence-electron chi connectivity index (χ3n) is 2.76. The van der Waals surface area contributed by atoms with E-state index in [4.69, 9.17) is 9.84 Å². The second-order valence-corrected chi connectivity index (χ2v) is 5.18. The van der Waals surface area contributed by atoms with Crippen molar-refractivity contribution in [1.82, 2.24) is 14.6 Å². The van der Waals surface area contributed by atoms with E-state index in [9.17, 15) is 0 Å². The molecule has 0 radical (unpaired) electrons. The molecule has 5 nitrogen and oxygen atoms in total. The van der Waals surface area contributed by atoms with Gasteiger partial charge >= 0.3 is 0 Å². The Morgan fingerprint density at radius 1 is 1.42 bits per heavy atom. The number of rotatable bonds is 4. The molecule has 0 spiro atoms. The van der Waals surface area contributed by atoms with Crippen molar-refractivity contribution >= 4 is 16.3 Å². The minimum absolute atomic E-state index is 0.0340. The molecule has 0 saturated heterocycles. The highest BCUT2D eigenvalue weighted by molar-refractivity contribution is 7.16. The first-order valence-corrected chi connectivity index (χ1v) is 6.66. The fraction of sp³-hybridized carbons (Fsp3) is 0.231. The molecular weight excluding hydrogens is 262 g/mol. The number of benzene rings is 1. The molecule has 2 aromatic heterocycles. The Bertz CT molecular complexity index is 673. The Balaban J connectivity index is 1.98. The summed E-state index contributed by atoms with van der Waals surface area (Å²) in [6.07, 6.45) is 1.89. The van der Waals surface area contributed by atoms with Gasteiger partial charge in [-0.15, -0.1) is 0 Å². The summed E-state index contributed by atoms with van der Waals surface area (Å²) in [6, 6.07) is 7.71. The molecule has 0 bridgehead atoms. The van der Waals surface area contributed by atoms with Crippen LogP contribution in [0.3, 0.4) is 0 Å². The lowest BCUT2D eigenvalue weighted by atomic mass is 10.1. The van der Waals surface area contributed by atoms with Crippen molar-refractivity contribution in [1.29, 1.82) is 0 Å². The van der Waals surface area contributed by atoms with Crippen LogP contribution in [0.25, 0.3) is 16.2 Å². The molecule has 0 atom stereocenters. The molecule has 0 unspecified atom stereocenters. The van der Waals surface area contributed by atoms with Crippen molar-refractivity contribution in [3.05, 3.63) is 41.0 Å². The zero-order chi connectivity index (χ0) is 13.2. The number of nitrogens with zero attached hydrogens (tertiary/aromatic N) is 3. The molecule has 0 aliphatic carbocycles. The van der Waals surface area contributed by atoms with E-state index in [2.05, 4.69) is 10.1 Å². The first kappa shape index (κ1) is 12.3. The average Bonchev–Trinajstić information content (AvgIpc) is 2.97. The monoisotopic (exact) mass is 275 g/mol. The highest BCUT2D eigenvalue weighted by Crippen LogP contribution is 2.23. The van der Waals surface area contributed by atoms with Crippen LogP contribution in [0.1, 0.15) is 10.6 Å². The van der Waals surface area contributed by atoms with Crippen molar-refractivity contribution in [2.45, 2.75) is 13.2 Å². The van der Waals surface area contributed by atoms with E-state index in [-0.39, 0.29) is 6.61 Å². The van der Waals surface area contributed by atoms with Gasteiger partial charge in [0, 0.05) is 12.7 Å². The van der Waals surface area contributed by atoms with Crippen molar-refractivity contribution in [3.63, 3.8) is 0 Å². The molecular formula is C13H13N3O2S. The maximum absolute atomic E-state index is 9.15. The fourth-order valence-corrected chi connectivity index (χ4v) is 2.74. The lowest BCUT2D eigenvalue weighted by molar-refractivity contribution is 0.183. The first-order chi connectivity index (χ1) is 9.30. The van der Waals surface area contributed by atoms with Gasteiger partial charge in [0.1, 0.15) is 5.01 Å². The van der Waals surface area contributed by atoms with Gasteiger partial charge in [-0.3, -0.25) is 0 Å². The summed E-state index contributed by atoms with van der Waals surface area (Å²) in [5.74, 6) is 0. The predicted molar refractivity (Wildman–Crippen MR) is 72.9 cm³/mol. The summed E-state index contributed by atoms with van der Waals surface area (Å²) < 4.78 is 6.81. The lowest BCUT2D eigenvalue weighted by Gasteiger charge is -1.99. The molecule has 2 heterocycles. The SMILES string of the molecule is COCc1nn2cc(-c3cccc(CO)c3)nc2s1. The summed E-state index contributed by atoms with van der Waals surface area (Å²) in [4.78, 5) is 5.39. The quantitative estimate of drug-likeness (QED) is 0.792. The second-order valence-electron chi connectivity index (χ2n) is 4.14. The molecule has 19 heavy (non-hydrogen) atoms. The van der Waals surface area contributed by atoms with Crippen LogP contribution in [0, 0.1) is 0 Å². The molecule has 98 valence electrons. The Hall–Kier alpha value is -1.76. The summed E-state index contributed by atoms with van der Waals surface area (Å²) in [7, 11) is 1.65. The molecule has 0 aliphatic rings. The van der Waals surface area contributed by atoms with Crippen LogP contribution in [-0.2, 0) is 18.0 Å². The molecule has 0 fully saturated rings. The van der Waals surface area contributed by atoms with Gasteiger partial charge in [-0.05, 0) is 11.6 Å². The number of imidazole rings is 1. The minimum Gasteiger partial charge on any atom is -0.392 e. The number of methoxy groups -OCH3 is 1. The fourth-order valence-electron chi connectivity index (χ4n) is 1.89. The molecule has 0 amide bonds. The zero-order valence-electron chi connectivity index (χ0n) is 10.4. The summed E-state index contributed by atoms with van der Waals surface area (Å²) in [6.45, 7) is 0.537. The normalized spacial score (nSPS) is 11.3. The average molecular weight is 275 g/mol. The van der Waals surface area contributed by atoms with Crippen LogP contribution < -0.4 is 0 Å². The van der Waals surface area contributed by atoms with E-state index in [0.717, 1.165) is 26.8 Å². The van der Waals surface area contributed by atoms with Crippen molar-refractivity contribution < 1.29 is 9.84 Å². The van der Waals surface area contributed by atoms with E-state index >= 15 is 0 Å². The molecule has 0 aliphatic heterocycles.